The molecule has 3 aromatic rings. The van der Waals surface area contributed by atoms with Crippen molar-refractivity contribution in [3.05, 3.63) is 63.0 Å². The zero-order chi connectivity index (χ0) is 15.5. The predicted molar refractivity (Wildman–Crippen MR) is 85.7 cm³/mol. The van der Waals surface area contributed by atoms with E-state index in [2.05, 4.69) is 4.98 Å². The number of thiazole rings is 1. The van der Waals surface area contributed by atoms with Crippen LogP contribution in [0.5, 0.6) is 0 Å². The van der Waals surface area contributed by atoms with Crippen molar-refractivity contribution in [2.24, 2.45) is 0 Å². The molecule has 0 saturated heterocycles. The van der Waals surface area contributed by atoms with Crippen molar-refractivity contribution in [3.63, 3.8) is 0 Å². The van der Waals surface area contributed by atoms with Crippen molar-refractivity contribution >= 4 is 28.6 Å². The first-order chi connectivity index (χ1) is 10.6. The molecule has 22 heavy (non-hydrogen) atoms. The van der Waals surface area contributed by atoms with E-state index in [4.69, 9.17) is 4.74 Å². The maximum absolute atomic E-state index is 12.9. The highest BCUT2D eigenvalue weighted by Gasteiger charge is 2.13. The minimum absolute atomic E-state index is 0.133. The molecule has 0 amide bonds. The molecule has 0 radical (unpaired) electrons. The molecular weight excluding hydrogens is 321 g/mol. The van der Waals surface area contributed by atoms with E-state index in [0.29, 0.717) is 10.6 Å². The Balaban J connectivity index is 1.66. The number of esters is 1. The van der Waals surface area contributed by atoms with E-state index in [1.54, 1.807) is 12.1 Å². The fourth-order valence-electron chi connectivity index (χ4n) is 1.89. The highest BCUT2D eigenvalue weighted by Crippen LogP contribution is 2.24. The molecule has 0 aliphatic rings. The second-order valence-corrected chi connectivity index (χ2v) is 6.43. The summed E-state index contributed by atoms with van der Waals surface area (Å²) in [7, 11) is 0. The first kappa shape index (κ1) is 14.9. The molecule has 0 bridgehead atoms. The van der Waals surface area contributed by atoms with Crippen LogP contribution >= 0.6 is 22.7 Å². The summed E-state index contributed by atoms with van der Waals surface area (Å²) in [4.78, 5) is 17.0. The zero-order valence-corrected chi connectivity index (χ0v) is 13.3. The number of hydrogen-bond acceptors (Lipinski definition) is 5. The monoisotopic (exact) mass is 333 g/mol. The number of thiophene rings is 1. The van der Waals surface area contributed by atoms with E-state index < -0.39 is 0 Å². The van der Waals surface area contributed by atoms with Gasteiger partial charge in [-0.3, -0.25) is 0 Å². The Bertz CT molecular complexity index is 793. The van der Waals surface area contributed by atoms with Crippen LogP contribution < -0.4 is 0 Å². The van der Waals surface area contributed by atoms with Gasteiger partial charge in [-0.05, 0) is 48.2 Å². The topological polar surface area (TPSA) is 39.2 Å². The van der Waals surface area contributed by atoms with Crippen molar-refractivity contribution in [3.8, 4) is 10.6 Å². The van der Waals surface area contributed by atoms with Crippen LogP contribution in [0.1, 0.15) is 20.9 Å². The molecule has 0 aliphatic heterocycles. The first-order valence-corrected chi connectivity index (χ1v) is 8.31. The number of aromatic nitrogens is 1. The number of hydrogen-bond donors (Lipinski definition) is 0. The summed E-state index contributed by atoms with van der Waals surface area (Å²) in [6, 6.07) is 8.04. The molecule has 112 valence electrons. The minimum atomic E-state index is -0.330. The van der Waals surface area contributed by atoms with Gasteiger partial charge in [0, 0.05) is 10.9 Å². The van der Waals surface area contributed by atoms with Gasteiger partial charge in [-0.25, -0.2) is 14.2 Å². The summed E-state index contributed by atoms with van der Waals surface area (Å²) in [6.07, 6.45) is 0. The molecule has 0 N–H and O–H groups in total. The van der Waals surface area contributed by atoms with Crippen molar-refractivity contribution in [2.75, 3.05) is 0 Å². The molecule has 6 heteroatoms. The van der Waals surface area contributed by atoms with Crippen molar-refractivity contribution in [1.29, 1.82) is 0 Å². The number of benzene rings is 1. The number of nitrogens with zero attached hydrogens (tertiary/aromatic N) is 1. The fourth-order valence-corrected chi connectivity index (χ4v) is 3.51. The third-order valence-corrected chi connectivity index (χ3v) is 4.98. The lowest BCUT2D eigenvalue weighted by atomic mass is 10.2. The van der Waals surface area contributed by atoms with Gasteiger partial charge in [-0.1, -0.05) is 0 Å². The predicted octanol–water partition coefficient (Wildman–Crippen LogP) is 4.68. The van der Waals surface area contributed by atoms with Crippen molar-refractivity contribution in [1.82, 2.24) is 4.98 Å². The summed E-state index contributed by atoms with van der Waals surface area (Å²) in [5.41, 5.74) is 2.45. The van der Waals surface area contributed by atoms with E-state index in [-0.39, 0.29) is 18.4 Å². The Labute approximate surface area is 135 Å². The first-order valence-electron chi connectivity index (χ1n) is 6.55. The molecule has 0 atom stereocenters. The van der Waals surface area contributed by atoms with Crippen LogP contribution in [-0.4, -0.2) is 11.0 Å². The number of aryl methyl sites for hydroxylation is 1. The number of ether oxygens (including phenoxy) is 1. The fraction of sp³-hybridized carbons (Fsp3) is 0.125. The van der Waals surface area contributed by atoms with Gasteiger partial charge in [0.05, 0.1) is 5.69 Å². The van der Waals surface area contributed by atoms with E-state index in [0.717, 1.165) is 16.1 Å². The largest absolute Gasteiger partial charge is 0.455 e. The van der Waals surface area contributed by atoms with Gasteiger partial charge in [-0.15, -0.1) is 22.7 Å². The molecular formula is C16H12FNO2S2. The Morgan fingerprint density at radius 2 is 2.00 bits per heavy atom. The van der Waals surface area contributed by atoms with Crippen LogP contribution in [0.4, 0.5) is 4.39 Å². The van der Waals surface area contributed by atoms with E-state index in [1.807, 2.05) is 23.8 Å². The maximum atomic E-state index is 12.9. The highest BCUT2D eigenvalue weighted by atomic mass is 32.1. The SMILES string of the molecule is Cc1ccsc1C(=O)OCc1csc(-c2ccc(F)cc2)n1. The van der Waals surface area contributed by atoms with Gasteiger partial charge in [0.15, 0.2) is 0 Å². The zero-order valence-electron chi connectivity index (χ0n) is 11.7. The van der Waals surface area contributed by atoms with E-state index >= 15 is 0 Å². The standard InChI is InChI=1S/C16H12FNO2S2/c1-10-6-7-21-14(10)16(19)20-8-13-9-22-15(18-13)11-2-4-12(17)5-3-11/h2-7,9H,8H2,1H3. The van der Waals surface area contributed by atoms with Crippen LogP contribution in [0.3, 0.4) is 0 Å². The maximum Gasteiger partial charge on any atom is 0.348 e. The van der Waals surface area contributed by atoms with Gasteiger partial charge in [-0.2, -0.15) is 0 Å². The van der Waals surface area contributed by atoms with Gasteiger partial charge < -0.3 is 4.74 Å². The molecule has 0 fully saturated rings. The van der Waals surface area contributed by atoms with Crippen LogP contribution in [0.25, 0.3) is 10.6 Å². The number of halogens is 1. The summed E-state index contributed by atoms with van der Waals surface area (Å²) < 4.78 is 18.2. The lowest BCUT2D eigenvalue weighted by Crippen LogP contribution is -2.04. The summed E-state index contributed by atoms with van der Waals surface area (Å²) in [6.45, 7) is 2.01. The summed E-state index contributed by atoms with van der Waals surface area (Å²) in [5, 5.41) is 4.48. The van der Waals surface area contributed by atoms with Gasteiger partial charge >= 0.3 is 5.97 Å². The Morgan fingerprint density at radius 1 is 1.23 bits per heavy atom. The van der Waals surface area contributed by atoms with Gasteiger partial charge in [0.2, 0.25) is 0 Å². The molecule has 0 unspecified atom stereocenters. The second kappa shape index (κ2) is 6.37. The normalized spacial score (nSPS) is 10.6. The summed E-state index contributed by atoms with van der Waals surface area (Å²) in [5.74, 6) is -0.607. The Morgan fingerprint density at radius 3 is 2.68 bits per heavy atom. The third-order valence-electron chi connectivity index (χ3n) is 3.04. The average Bonchev–Trinajstić information content (AvgIpc) is 3.14. The van der Waals surface area contributed by atoms with Crippen LogP contribution in [0, 0.1) is 12.7 Å². The smallest absolute Gasteiger partial charge is 0.348 e. The van der Waals surface area contributed by atoms with Gasteiger partial charge in [0.25, 0.3) is 0 Å². The molecule has 3 rings (SSSR count). The molecule has 1 aromatic carbocycles. The molecule has 2 heterocycles. The number of carbonyl (C=O) groups is 1. The van der Waals surface area contributed by atoms with Gasteiger partial charge in [0.1, 0.15) is 22.3 Å². The molecule has 0 saturated carbocycles. The number of rotatable bonds is 4. The third kappa shape index (κ3) is 3.23. The molecule has 0 spiro atoms. The van der Waals surface area contributed by atoms with Crippen LogP contribution in [-0.2, 0) is 11.3 Å². The van der Waals surface area contributed by atoms with Crippen LogP contribution in [0.15, 0.2) is 41.1 Å². The quantitative estimate of drug-likeness (QED) is 0.651. The molecule has 2 aromatic heterocycles. The second-order valence-electron chi connectivity index (χ2n) is 4.66. The number of carbonyl (C=O) groups excluding carboxylic acids is 1. The highest BCUT2D eigenvalue weighted by molar-refractivity contribution is 7.13. The lowest BCUT2D eigenvalue weighted by Gasteiger charge is -2.01. The Kier molecular flexibility index (Phi) is 4.31. The lowest BCUT2D eigenvalue weighted by molar-refractivity contribution is 0.0473. The average molecular weight is 333 g/mol. The van der Waals surface area contributed by atoms with E-state index in [1.165, 1.54) is 34.8 Å². The molecule has 0 aliphatic carbocycles. The Hall–Kier alpha value is -2.05. The van der Waals surface area contributed by atoms with E-state index in [9.17, 15) is 9.18 Å². The van der Waals surface area contributed by atoms with Crippen LogP contribution in [0.2, 0.25) is 0 Å². The minimum Gasteiger partial charge on any atom is -0.455 e. The summed E-state index contributed by atoms with van der Waals surface area (Å²) >= 11 is 2.81. The van der Waals surface area contributed by atoms with Crippen molar-refractivity contribution in [2.45, 2.75) is 13.5 Å². The molecule has 3 nitrogen and oxygen atoms in total. The van der Waals surface area contributed by atoms with Crippen molar-refractivity contribution < 1.29 is 13.9 Å².